The Hall–Kier alpha value is -1.48. The van der Waals surface area contributed by atoms with E-state index in [1.54, 1.807) is 6.92 Å². The number of nitrogens with zero attached hydrogens (tertiary/aromatic N) is 3. The summed E-state index contributed by atoms with van der Waals surface area (Å²) in [6.07, 6.45) is 2.66. The summed E-state index contributed by atoms with van der Waals surface area (Å²) in [6.45, 7) is 2.33. The highest BCUT2D eigenvalue weighted by atomic mass is 32.2. The van der Waals surface area contributed by atoms with Crippen molar-refractivity contribution in [2.24, 2.45) is 5.92 Å². The molecule has 1 unspecified atom stereocenters. The van der Waals surface area contributed by atoms with Crippen LogP contribution in [0.25, 0.3) is 0 Å². The summed E-state index contributed by atoms with van der Waals surface area (Å²) in [5.74, 6) is -0.239. The van der Waals surface area contributed by atoms with Gasteiger partial charge in [0.15, 0.2) is 0 Å². The van der Waals surface area contributed by atoms with Crippen LogP contribution in [-0.2, 0) is 14.8 Å². The fourth-order valence-electron chi connectivity index (χ4n) is 2.08. The summed E-state index contributed by atoms with van der Waals surface area (Å²) in [7, 11) is -3.23. The third-order valence-electron chi connectivity index (χ3n) is 3.17. The summed E-state index contributed by atoms with van der Waals surface area (Å²) < 4.78 is 25.0. The van der Waals surface area contributed by atoms with Gasteiger partial charge in [0.25, 0.3) is 0 Å². The number of piperidine rings is 1. The topological polar surface area (TPSA) is 108 Å². The fourth-order valence-corrected chi connectivity index (χ4v) is 3.26. The largest absolute Gasteiger partial charge is 0.295 e. The van der Waals surface area contributed by atoms with E-state index in [0.717, 1.165) is 0 Å². The number of carbonyl (C=O) groups is 1. The van der Waals surface area contributed by atoms with Crippen LogP contribution >= 0.6 is 0 Å². The minimum atomic E-state index is -3.23. The van der Waals surface area contributed by atoms with Crippen LogP contribution in [0.5, 0.6) is 0 Å². The molecule has 106 valence electrons. The molecule has 0 aliphatic carbocycles. The lowest BCUT2D eigenvalue weighted by Crippen LogP contribution is -2.44. The Morgan fingerprint density at radius 3 is 3.05 bits per heavy atom. The molecule has 1 fully saturated rings. The predicted octanol–water partition coefficient (Wildman–Crippen LogP) is -0.195. The average molecular weight is 287 g/mol. The number of aromatic nitrogens is 3. The molecule has 0 aromatic carbocycles. The summed E-state index contributed by atoms with van der Waals surface area (Å²) in [5, 5.41) is 8.76. The Morgan fingerprint density at radius 2 is 2.42 bits per heavy atom. The molecule has 1 saturated heterocycles. The third-order valence-corrected chi connectivity index (χ3v) is 5.02. The first kappa shape index (κ1) is 13.9. The van der Waals surface area contributed by atoms with Crippen LogP contribution < -0.4 is 5.32 Å². The van der Waals surface area contributed by atoms with E-state index in [9.17, 15) is 13.2 Å². The molecular weight excluding hydrogens is 270 g/mol. The van der Waals surface area contributed by atoms with E-state index in [1.807, 2.05) is 0 Å². The van der Waals surface area contributed by atoms with Crippen molar-refractivity contribution >= 4 is 21.9 Å². The Balaban J connectivity index is 1.99. The van der Waals surface area contributed by atoms with Gasteiger partial charge in [-0.15, -0.1) is 0 Å². The number of hydrogen-bond acceptors (Lipinski definition) is 5. The second-order valence-corrected chi connectivity index (χ2v) is 6.68. The minimum absolute atomic E-state index is 0.0590. The van der Waals surface area contributed by atoms with E-state index < -0.39 is 10.0 Å². The monoisotopic (exact) mass is 287 g/mol. The van der Waals surface area contributed by atoms with Gasteiger partial charge in [-0.2, -0.15) is 10.1 Å². The van der Waals surface area contributed by atoms with Crippen molar-refractivity contribution in [1.82, 2.24) is 19.5 Å². The molecule has 0 radical (unpaired) electrons. The summed E-state index contributed by atoms with van der Waals surface area (Å²) >= 11 is 0. The third kappa shape index (κ3) is 3.29. The second-order valence-electron chi connectivity index (χ2n) is 4.42. The summed E-state index contributed by atoms with van der Waals surface area (Å²) in [6, 6.07) is 0. The number of nitrogens with one attached hydrogen (secondary N) is 2. The average Bonchev–Trinajstić information content (AvgIpc) is 2.91. The van der Waals surface area contributed by atoms with Crippen molar-refractivity contribution in [3.63, 3.8) is 0 Å². The lowest BCUT2D eigenvalue weighted by Gasteiger charge is -2.30. The van der Waals surface area contributed by atoms with Crippen LogP contribution in [0.3, 0.4) is 0 Å². The first-order valence-electron chi connectivity index (χ1n) is 6.17. The van der Waals surface area contributed by atoms with E-state index >= 15 is 0 Å². The number of anilines is 1. The predicted molar refractivity (Wildman–Crippen MR) is 68.8 cm³/mol. The molecule has 8 nitrogen and oxygen atoms in total. The van der Waals surface area contributed by atoms with Crippen molar-refractivity contribution in [2.75, 3.05) is 24.2 Å². The first-order valence-corrected chi connectivity index (χ1v) is 7.78. The summed E-state index contributed by atoms with van der Waals surface area (Å²) in [5.41, 5.74) is 0. The van der Waals surface area contributed by atoms with Gasteiger partial charge < -0.3 is 0 Å². The first-order chi connectivity index (χ1) is 9.03. The van der Waals surface area contributed by atoms with Crippen LogP contribution in [-0.4, -0.2) is 52.7 Å². The molecule has 1 aliphatic heterocycles. The number of amides is 1. The van der Waals surface area contributed by atoms with Crippen molar-refractivity contribution in [3.8, 4) is 0 Å². The maximum Gasteiger partial charge on any atom is 0.231 e. The lowest BCUT2D eigenvalue weighted by atomic mass is 9.99. The SMILES string of the molecule is CCS(=O)(=O)N1CCCC(C(=O)Nc2ncn[nH]2)C1. The molecule has 9 heteroatoms. The maximum absolute atomic E-state index is 12.0. The normalized spacial score (nSPS) is 21.2. The molecular formula is C10H17N5O3S. The van der Waals surface area contributed by atoms with Crippen molar-refractivity contribution < 1.29 is 13.2 Å². The molecule has 0 bridgehead atoms. The van der Waals surface area contributed by atoms with E-state index in [4.69, 9.17) is 0 Å². The number of hydrogen-bond donors (Lipinski definition) is 2. The van der Waals surface area contributed by atoms with E-state index in [2.05, 4.69) is 20.5 Å². The fraction of sp³-hybridized carbons (Fsp3) is 0.700. The van der Waals surface area contributed by atoms with Gasteiger partial charge in [0, 0.05) is 13.1 Å². The van der Waals surface area contributed by atoms with E-state index in [-0.39, 0.29) is 30.1 Å². The van der Waals surface area contributed by atoms with E-state index in [1.165, 1.54) is 10.6 Å². The quantitative estimate of drug-likeness (QED) is 0.797. The Morgan fingerprint density at radius 1 is 1.63 bits per heavy atom. The molecule has 1 aromatic rings. The Labute approximate surface area is 111 Å². The molecule has 1 atom stereocenters. The van der Waals surface area contributed by atoms with E-state index in [0.29, 0.717) is 19.4 Å². The van der Waals surface area contributed by atoms with Gasteiger partial charge >= 0.3 is 0 Å². The highest BCUT2D eigenvalue weighted by molar-refractivity contribution is 7.89. The zero-order valence-corrected chi connectivity index (χ0v) is 11.5. The zero-order valence-electron chi connectivity index (χ0n) is 10.7. The van der Waals surface area contributed by atoms with Gasteiger partial charge in [0.2, 0.25) is 21.9 Å². The highest BCUT2D eigenvalue weighted by Gasteiger charge is 2.31. The highest BCUT2D eigenvalue weighted by Crippen LogP contribution is 2.20. The van der Waals surface area contributed by atoms with Gasteiger partial charge in [-0.3, -0.25) is 10.1 Å². The molecule has 2 heterocycles. The Kier molecular flexibility index (Phi) is 4.15. The molecule has 1 aromatic heterocycles. The molecule has 1 amide bonds. The van der Waals surface area contributed by atoms with Crippen LogP contribution in [0.4, 0.5) is 5.95 Å². The van der Waals surface area contributed by atoms with Gasteiger partial charge in [-0.05, 0) is 19.8 Å². The molecule has 2 rings (SSSR count). The molecule has 19 heavy (non-hydrogen) atoms. The zero-order chi connectivity index (χ0) is 13.9. The maximum atomic E-state index is 12.0. The standard InChI is InChI=1S/C10H17N5O3S/c1-2-19(17,18)15-5-3-4-8(6-15)9(16)13-10-11-7-12-14-10/h7-8H,2-6H2,1H3,(H2,11,12,13,14,16). The molecule has 1 aliphatic rings. The summed E-state index contributed by atoms with van der Waals surface area (Å²) in [4.78, 5) is 15.8. The van der Waals surface area contributed by atoms with Gasteiger partial charge in [0.1, 0.15) is 6.33 Å². The van der Waals surface area contributed by atoms with Gasteiger partial charge in [-0.1, -0.05) is 0 Å². The van der Waals surface area contributed by atoms with Crippen molar-refractivity contribution in [1.29, 1.82) is 0 Å². The smallest absolute Gasteiger partial charge is 0.231 e. The molecule has 0 saturated carbocycles. The number of rotatable bonds is 4. The Bertz CT molecular complexity index is 527. The minimum Gasteiger partial charge on any atom is -0.295 e. The lowest BCUT2D eigenvalue weighted by molar-refractivity contribution is -0.120. The number of H-pyrrole nitrogens is 1. The van der Waals surface area contributed by atoms with Gasteiger partial charge in [-0.25, -0.2) is 17.8 Å². The number of carbonyl (C=O) groups excluding carboxylic acids is 1. The van der Waals surface area contributed by atoms with Crippen LogP contribution in [0.1, 0.15) is 19.8 Å². The molecule has 2 N–H and O–H groups in total. The van der Waals surface area contributed by atoms with Crippen LogP contribution in [0.15, 0.2) is 6.33 Å². The number of aromatic amines is 1. The number of sulfonamides is 1. The van der Waals surface area contributed by atoms with Gasteiger partial charge in [0.05, 0.1) is 11.7 Å². The molecule has 0 spiro atoms. The van der Waals surface area contributed by atoms with Crippen molar-refractivity contribution in [2.45, 2.75) is 19.8 Å². The van der Waals surface area contributed by atoms with Crippen LogP contribution in [0, 0.1) is 5.92 Å². The van der Waals surface area contributed by atoms with Crippen molar-refractivity contribution in [3.05, 3.63) is 6.33 Å². The second kappa shape index (κ2) is 5.66. The van der Waals surface area contributed by atoms with Crippen LogP contribution in [0.2, 0.25) is 0 Å².